The Kier molecular flexibility index (Phi) is 2.97. The maximum absolute atomic E-state index is 12.1. The summed E-state index contributed by atoms with van der Waals surface area (Å²) in [6.07, 6.45) is 0. The monoisotopic (exact) mass is 229 g/mol. The Balaban J connectivity index is 2.46. The van der Waals surface area contributed by atoms with Gasteiger partial charge in [-0.1, -0.05) is 36.4 Å². The molecule has 2 rings (SSSR count). The number of anilines is 1. The van der Waals surface area contributed by atoms with Crippen LogP contribution >= 0.6 is 12.6 Å². The first-order chi connectivity index (χ1) is 7.70. The third-order valence-electron chi connectivity index (χ3n) is 2.35. The topological polar surface area (TPSA) is 43.1 Å². The molecule has 0 unspecified atom stereocenters. The molecule has 0 bridgehead atoms. The summed E-state index contributed by atoms with van der Waals surface area (Å²) in [5.41, 5.74) is 7.41. The maximum atomic E-state index is 12.1. The van der Waals surface area contributed by atoms with Crippen LogP contribution in [0.15, 0.2) is 53.4 Å². The molecule has 2 aromatic carbocycles. The Hall–Kier alpha value is -1.74. The molecule has 0 radical (unpaired) electrons. The van der Waals surface area contributed by atoms with Gasteiger partial charge in [0.05, 0.1) is 0 Å². The Labute approximate surface area is 99.5 Å². The lowest BCUT2D eigenvalue weighted by molar-refractivity contribution is 0.103. The molecule has 0 spiro atoms. The summed E-state index contributed by atoms with van der Waals surface area (Å²) >= 11 is 4.26. The summed E-state index contributed by atoms with van der Waals surface area (Å²) in [5.74, 6) is -0.0575. The van der Waals surface area contributed by atoms with Gasteiger partial charge in [-0.05, 0) is 12.1 Å². The number of nitrogens with two attached hydrogens (primary N) is 1. The van der Waals surface area contributed by atoms with Crippen molar-refractivity contribution in [2.45, 2.75) is 4.90 Å². The molecule has 0 heterocycles. The molecule has 0 saturated heterocycles. The molecular weight excluding hydrogens is 218 g/mol. The molecule has 0 aliphatic rings. The highest BCUT2D eigenvalue weighted by Crippen LogP contribution is 2.23. The quantitative estimate of drug-likeness (QED) is 0.472. The lowest BCUT2D eigenvalue weighted by atomic mass is 10.0. The fourth-order valence-electron chi connectivity index (χ4n) is 1.49. The Morgan fingerprint density at radius 3 is 2.38 bits per heavy atom. The van der Waals surface area contributed by atoms with E-state index in [0.717, 1.165) is 0 Å². The van der Waals surface area contributed by atoms with Crippen molar-refractivity contribution in [3.05, 3.63) is 59.7 Å². The number of hydrogen-bond acceptors (Lipinski definition) is 3. The third-order valence-corrected chi connectivity index (χ3v) is 2.85. The van der Waals surface area contributed by atoms with Crippen LogP contribution in [-0.2, 0) is 0 Å². The van der Waals surface area contributed by atoms with Crippen LogP contribution in [0.3, 0.4) is 0 Å². The highest BCUT2D eigenvalue weighted by molar-refractivity contribution is 7.80. The second-order valence-electron chi connectivity index (χ2n) is 3.44. The van der Waals surface area contributed by atoms with E-state index >= 15 is 0 Å². The molecular formula is C13H11NOS. The van der Waals surface area contributed by atoms with E-state index in [1.54, 1.807) is 30.3 Å². The van der Waals surface area contributed by atoms with Gasteiger partial charge in [0.25, 0.3) is 0 Å². The smallest absolute Gasteiger partial charge is 0.194 e. The molecule has 3 heteroatoms. The van der Waals surface area contributed by atoms with E-state index in [4.69, 9.17) is 5.73 Å². The van der Waals surface area contributed by atoms with Crippen molar-refractivity contribution in [3.63, 3.8) is 0 Å². The van der Waals surface area contributed by atoms with Crippen LogP contribution in [0.25, 0.3) is 0 Å². The first-order valence-corrected chi connectivity index (χ1v) is 5.32. The first-order valence-electron chi connectivity index (χ1n) is 4.87. The number of carbonyl (C=O) groups excluding carboxylic acids is 1. The fraction of sp³-hybridized carbons (Fsp3) is 0. The van der Waals surface area contributed by atoms with Gasteiger partial charge in [0, 0.05) is 21.7 Å². The predicted molar refractivity (Wildman–Crippen MR) is 68.0 cm³/mol. The standard InChI is InChI=1S/C13H11NOS/c14-11-8-4-7-10(13(11)16)12(15)9-5-2-1-3-6-9/h1-8,16H,14H2. The molecule has 2 N–H and O–H groups in total. The van der Waals surface area contributed by atoms with Gasteiger partial charge in [0.15, 0.2) is 5.78 Å². The Morgan fingerprint density at radius 1 is 1.00 bits per heavy atom. The van der Waals surface area contributed by atoms with Crippen LogP contribution in [0.2, 0.25) is 0 Å². The predicted octanol–water partition coefficient (Wildman–Crippen LogP) is 2.79. The number of hydrogen-bond donors (Lipinski definition) is 2. The van der Waals surface area contributed by atoms with Crippen LogP contribution in [0.4, 0.5) is 5.69 Å². The lowest BCUT2D eigenvalue weighted by Crippen LogP contribution is -2.03. The molecule has 0 aliphatic heterocycles. The molecule has 16 heavy (non-hydrogen) atoms. The number of thiol groups is 1. The largest absolute Gasteiger partial charge is 0.398 e. The average molecular weight is 229 g/mol. The maximum Gasteiger partial charge on any atom is 0.194 e. The summed E-state index contributed by atoms with van der Waals surface area (Å²) in [7, 11) is 0. The van der Waals surface area contributed by atoms with Crippen LogP contribution in [-0.4, -0.2) is 5.78 Å². The number of ketones is 1. The zero-order valence-corrected chi connectivity index (χ0v) is 9.45. The number of nitrogen functional groups attached to an aromatic ring is 1. The Morgan fingerprint density at radius 2 is 1.69 bits per heavy atom. The van der Waals surface area contributed by atoms with E-state index in [0.29, 0.717) is 21.7 Å². The molecule has 2 aromatic rings. The second-order valence-corrected chi connectivity index (χ2v) is 3.89. The van der Waals surface area contributed by atoms with E-state index in [1.807, 2.05) is 18.2 Å². The minimum Gasteiger partial charge on any atom is -0.398 e. The summed E-state index contributed by atoms with van der Waals surface area (Å²) in [4.78, 5) is 12.7. The van der Waals surface area contributed by atoms with E-state index < -0.39 is 0 Å². The van der Waals surface area contributed by atoms with E-state index in [2.05, 4.69) is 12.6 Å². The second kappa shape index (κ2) is 4.41. The van der Waals surface area contributed by atoms with Gasteiger partial charge < -0.3 is 5.73 Å². The first kappa shape index (κ1) is 10.8. The van der Waals surface area contributed by atoms with Crippen molar-refractivity contribution in [2.75, 3.05) is 5.73 Å². The van der Waals surface area contributed by atoms with Crippen molar-refractivity contribution in [3.8, 4) is 0 Å². The molecule has 80 valence electrons. The molecule has 0 fully saturated rings. The SMILES string of the molecule is Nc1cccc(C(=O)c2ccccc2)c1S. The minimum absolute atomic E-state index is 0.0575. The summed E-state index contributed by atoms with van der Waals surface area (Å²) in [5, 5.41) is 0. The van der Waals surface area contributed by atoms with Gasteiger partial charge >= 0.3 is 0 Å². The Bertz CT molecular complexity index is 523. The third kappa shape index (κ3) is 1.95. The fourth-order valence-corrected chi connectivity index (χ4v) is 1.74. The number of benzene rings is 2. The van der Waals surface area contributed by atoms with Crippen molar-refractivity contribution >= 4 is 24.1 Å². The normalized spacial score (nSPS) is 10.1. The molecule has 0 amide bonds. The van der Waals surface area contributed by atoms with Gasteiger partial charge in [-0.25, -0.2) is 0 Å². The van der Waals surface area contributed by atoms with E-state index in [-0.39, 0.29) is 5.78 Å². The van der Waals surface area contributed by atoms with Crippen LogP contribution in [0.5, 0.6) is 0 Å². The number of rotatable bonds is 2. The molecule has 0 aromatic heterocycles. The van der Waals surface area contributed by atoms with Gasteiger partial charge in [-0.3, -0.25) is 4.79 Å². The van der Waals surface area contributed by atoms with Crippen molar-refractivity contribution in [1.82, 2.24) is 0 Å². The zero-order valence-electron chi connectivity index (χ0n) is 8.55. The summed E-state index contributed by atoms with van der Waals surface area (Å²) < 4.78 is 0. The average Bonchev–Trinajstić information content (AvgIpc) is 2.33. The van der Waals surface area contributed by atoms with Gasteiger partial charge in [0.1, 0.15) is 0 Å². The molecule has 0 aliphatic carbocycles. The van der Waals surface area contributed by atoms with Gasteiger partial charge in [-0.2, -0.15) is 0 Å². The van der Waals surface area contributed by atoms with Crippen LogP contribution in [0, 0.1) is 0 Å². The highest BCUT2D eigenvalue weighted by Gasteiger charge is 2.12. The lowest BCUT2D eigenvalue weighted by Gasteiger charge is -2.06. The van der Waals surface area contributed by atoms with E-state index in [9.17, 15) is 4.79 Å². The summed E-state index contributed by atoms with van der Waals surface area (Å²) in [6.45, 7) is 0. The van der Waals surface area contributed by atoms with Crippen molar-refractivity contribution in [1.29, 1.82) is 0 Å². The van der Waals surface area contributed by atoms with Crippen molar-refractivity contribution < 1.29 is 4.79 Å². The highest BCUT2D eigenvalue weighted by atomic mass is 32.1. The molecule has 0 atom stereocenters. The summed E-state index contributed by atoms with van der Waals surface area (Å²) in [6, 6.07) is 14.3. The molecule has 0 saturated carbocycles. The molecule has 2 nitrogen and oxygen atoms in total. The zero-order chi connectivity index (χ0) is 11.5. The van der Waals surface area contributed by atoms with Crippen LogP contribution in [0.1, 0.15) is 15.9 Å². The van der Waals surface area contributed by atoms with E-state index in [1.165, 1.54) is 0 Å². The minimum atomic E-state index is -0.0575. The van der Waals surface area contributed by atoms with Crippen molar-refractivity contribution in [2.24, 2.45) is 0 Å². The van der Waals surface area contributed by atoms with Gasteiger partial charge in [0.2, 0.25) is 0 Å². The van der Waals surface area contributed by atoms with Gasteiger partial charge in [-0.15, -0.1) is 12.6 Å². The number of carbonyl (C=O) groups is 1. The van der Waals surface area contributed by atoms with Crippen LogP contribution < -0.4 is 5.73 Å².